The quantitative estimate of drug-likeness (QED) is 0.538. The van der Waals surface area contributed by atoms with Crippen LogP contribution in [0.1, 0.15) is 16.1 Å². The van der Waals surface area contributed by atoms with Crippen LogP contribution < -0.4 is 15.4 Å². The van der Waals surface area contributed by atoms with E-state index in [0.29, 0.717) is 5.56 Å². The van der Waals surface area contributed by atoms with E-state index in [4.69, 9.17) is 4.74 Å². The summed E-state index contributed by atoms with van der Waals surface area (Å²) in [5.41, 5.74) is 4.26. The van der Waals surface area contributed by atoms with Crippen LogP contribution in [0.15, 0.2) is 48.8 Å². The van der Waals surface area contributed by atoms with Crippen molar-refractivity contribution >= 4 is 33.7 Å². The Morgan fingerprint density at radius 2 is 2.00 bits per heavy atom. The maximum atomic E-state index is 11.6. The lowest BCUT2D eigenvalue weighted by molar-refractivity contribution is 0.0963. The first-order valence-electron chi connectivity index (χ1n) is 8.67. The van der Waals surface area contributed by atoms with E-state index >= 15 is 0 Å². The number of benzene rings is 1. The number of nitrogens with zero attached hydrogens (tertiary/aromatic N) is 3. The van der Waals surface area contributed by atoms with E-state index in [-0.39, 0.29) is 5.91 Å². The van der Waals surface area contributed by atoms with Gasteiger partial charge in [-0.3, -0.25) is 9.20 Å². The molecule has 0 saturated carbocycles. The van der Waals surface area contributed by atoms with Gasteiger partial charge >= 0.3 is 0 Å². The first-order chi connectivity index (χ1) is 13.6. The number of fused-ring (bicyclic) bond motifs is 1. The zero-order valence-electron chi connectivity index (χ0n) is 15.7. The highest BCUT2D eigenvalue weighted by Crippen LogP contribution is 2.33. The molecule has 28 heavy (non-hydrogen) atoms. The molecule has 3 aromatic heterocycles. The molecule has 4 rings (SSSR count). The first-order valence-corrected chi connectivity index (χ1v) is 9.49. The maximum absolute atomic E-state index is 11.6. The molecule has 0 unspecified atom stereocenters. The van der Waals surface area contributed by atoms with Gasteiger partial charge in [0.25, 0.3) is 5.91 Å². The molecule has 1 amide bonds. The topological polar surface area (TPSA) is 80.5 Å². The number of hydrogen-bond donors (Lipinski definition) is 2. The molecule has 3 heterocycles. The molecule has 1 aromatic carbocycles. The standard InChI is InChI=1S/C20H19N5O2S/c1-12-18(25-9-8-15(27-3)10-17(25)23-12)16-11-22-20(28-16)24-14-6-4-13(5-7-14)19(26)21-2/h4-11H,1-3H3,(H,21,26)(H,22,24). The van der Waals surface area contributed by atoms with Gasteiger partial charge in [0.15, 0.2) is 5.13 Å². The smallest absolute Gasteiger partial charge is 0.251 e. The largest absolute Gasteiger partial charge is 0.497 e. The molecular formula is C20H19N5O2S. The van der Waals surface area contributed by atoms with Crippen LogP contribution in [-0.2, 0) is 0 Å². The van der Waals surface area contributed by atoms with Crippen LogP contribution >= 0.6 is 11.3 Å². The number of methoxy groups -OCH3 is 1. The number of amides is 1. The molecule has 0 saturated heterocycles. The number of carbonyl (C=O) groups excluding carboxylic acids is 1. The number of hydrogen-bond acceptors (Lipinski definition) is 6. The number of imidazole rings is 1. The summed E-state index contributed by atoms with van der Waals surface area (Å²) in [5.74, 6) is 0.665. The minimum atomic E-state index is -0.109. The highest BCUT2D eigenvalue weighted by Gasteiger charge is 2.15. The monoisotopic (exact) mass is 393 g/mol. The van der Waals surface area contributed by atoms with Crippen LogP contribution in [0.3, 0.4) is 0 Å². The van der Waals surface area contributed by atoms with Crippen molar-refractivity contribution in [3.8, 4) is 16.3 Å². The second-order valence-electron chi connectivity index (χ2n) is 6.15. The summed E-state index contributed by atoms with van der Waals surface area (Å²) in [7, 11) is 3.26. The Balaban J connectivity index is 1.60. The Labute approximate surface area is 166 Å². The lowest BCUT2D eigenvalue weighted by Crippen LogP contribution is -2.17. The Hall–Kier alpha value is -3.39. The van der Waals surface area contributed by atoms with E-state index in [9.17, 15) is 4.79 Å². The Morgan fingerprint density at radius 3 is 2.71 bits per heavy atom. The molecule has 0 atom stereocenters. The molecule has 2 N–H and O–H groups in total. The van der Waals surface area contributed by atoms with E-state index in [1.165, 1.54) is 0 Å². The van der Waals surface area contributed by atoms with Crippen molar-refractivity contribution in [2.75, 3.05) is 19.5 Å². The van der Waals surface area contributed by atoms with Gasteiger partial charge in [-0.25, -0.2) is 9.97 Å². The molecular weight excluding hydrogens is 374 g/mol. The minimum Gasteiger partial charge on any atom is -0.497 e. The molecule has 0 bridgehead atoms. The number of pyridine rings is 1. The summed E-state index contributed by atoms with van der Waals surface area (Å²) >= 11 is 1.55. The molecule has 4 aromatic rings. The highest BCUT2D eigenvalue weighted by molar-refractivity contribution is 7.18. The van der Waals surface area contributed by atoms with Crippen LogP contribution in [0.25, 0.3) is 16.2 Å². The highest BCUT2D eigenvalue weighted by atomic mass is 32.1. The summed E-state index contributed by atoms with van der Waals surface area (Å²) in [5, 5.41) is 6.66. The summed E-state index contributed by atoms with van der Waals surface area (Å²) in [4.78, 5) is 21.8. The fourth-order valence-corrected chi connectivity index (χ4v) is 3.91. The van der Waals surface area contributed by atoms with Gasteiger partial charge in [0, 0.05) is 36.8 Å². The van der Waals surface area contributed by atoms with Crippen molar-refractivity contribution in [2.45, 2.75) is 6.92 Å². The number of aryl methyl sites for hydroxylation is 1. The van der Waals surface area contributed by atoms with Crippen molar-refractivity contribution in [2.24, 2.45) is 0 Å². The number of rotatable bonds is 5. The third-order valence-corrected chi connectivity index (χ3v) is 5.29. The number of aromatic nitrogens is 3. The van der Waals surface area contributed by atoms with Crippen molar-refractivity contribution in [1.82, 2.24) is 19.7 Å². The number of anilines is 2. The third-order valence-electron chi connectivity index (χ3n) is 4.37. The maximum Gasteiger partial charge on any atom is 0.251 e. The molecule has 0 radical (unpaired) electrons. The SMILES string of the molecule is CNC(=O)c1ccc(Nc2ncc(-c3c(C)nc4cc(OC)ccn34)s2)cc1. The summed E-state index contributed by atoms with van der Waals surface area (Å²) < 4.78 is 7.31. The Kier molecular flexibility index (Phi) is 4.70. The second-order valence-corrected chi connectivity index (χ2v) is 7.18. The van der Waals surface area contributed by atoms with Gasteiger partial charge in [-0.15, -0.1) is 0 Å². The van der Waals surface area contributed by atoms with Gasteiger partial charge in [0.1, 0.15) is 11.4 Å². The number of nitrogens with one attached hydrogen (secondary N) is 2. The summed E-state index contributed by atoms with van der Waals surface area (Å²) in [6.45, 7) is 1.99. The van der Waals surface area contributed by atoms with Gasteiger partial charge < -0.3 is 15.4 Å². The number of carbonyl (C=O) groups is 1. The zero-order valence-corrected chi connectivity index (χ0v) is 16.5. The van der Waals surface area contributed by atoms with E-state index in [1.54, 1.807) is 37.6 Å². The average Bonchev–Trinajstić information content (AvgIpc) is 3.30. The first kappa shape index (κ1) is 18.0. The fraction of sp³-hybridized carbons (Fsp3) is 0.150. The molecule has 0 aliphatic carbocycles. The summed E-state index contributed by atoms with van der Waals surface area (Å²) in [6, 6.07) is 11.1. The van der Waals surface area contributed by atoms with Crippen molar-refractivity contribution < 1.29 is 9.53 Å². The molecule has 0 aliphatic rings. The lowest BCUT2D eigenvalue weighted by atomic mass is 10.2. The Bertz CT molecular complexity index is 1150. The molecule has 0 aliphatic heterocycles. The lowest BCUT2D eigenvalue weighted by Gasteiger charge is -2.04. The average molecular weight is 393 g/mol. The predicted octanol–water partition coefficient (Wildman–Crippen LogP) is 3.88. The minimum absolute atomic E-state index is 0.109. The third kappa shape index (κ3) is 3.29. The molecule has 7 nitrogen and oxygen atoms in total. The summed E-state index contributed by atoms with van der Waals surface area (Å²) in [6.07, 6.45) is 3.79. The predicted molar refractivity (Wildman–Crippen MR) is 111 cm³/mol. The van der Waals surface area contributed by atoms with Crippen LogP contribution in [0.2, 0.25) is 0 Å². The van der Waals surface area contributed by atoms with Crippen molar-refractivity contribution in [3.05, 3.63) is 60.0 Å². The van der Waals surface area contributed by atoms with E-state index in [2.05, 4.69) is 20.6 Å². The van der Waals surface area contributed by atoms with E-state index in [0.717, 1.165) is 38.5 Å². The zero-order chi connectivity index (χ0) is 19.7. The van der Waals surface area contributed by atoms with Gasteiger partial charge in [-0.05, 0) is 37.3 Å². The van der Waals surface area contributed by atoms with Gasteiger partial charge in [-0.2, -0.15) is 0 Å². The second kappa shape index (κ2) is 7.32. The van der Waals surface area contributed by atoms with Crippen LogP contribution in [-0.4, -0.2) is 34.4 Å². The molecule has 0 spiro atoms. The van der Waals surface area contributed by atoms with Crippen molar-refractivity contribution in [1.29, 1.82) is 0 Å². The van der Waals surface area contributed by atoms with E-state index < -0.39 is 0 Å². The number of thiazole rings is 1. The van der Waals surface area contributed by atoms with E-state index in [1.807, 2.05) is 48.0 Å². The molecule has 8 heteroatoms. The molecule has 142 valence electrons. The van der Waals surface area contributed by atoms with Crippen molar-refractivity contribution in [3.63, 3.8) is 0 Å². The van der Waals surface area contributed by atoms with Crippen LogP contribution in [0.4, 0.5) is 10.8 Å². The van der Waals surface area contributed by atoms with Crippen LogP contribution in [0, 0.1) is 6.92 Å². The number of ether oxygens (including phenoxy) is 1. The van der Waals surface area contributed by atoms with Gasteiger partial charge in [0.2, 0.25) is 0 Å². The van der Waals surface area contributed by atoms with Gasteiger partial charge in [-0.1, -0.05) is 11.3 Å². The fourth-order valence-electron chi connectivity index (χ4n) is 2.98. The normalized spacial score (nSPS) is 10.8. The molecule has 0 fully saturated rings. The Morgan fingerprint density at radius 1 is 1.21 bits per heavy atom. The van der Waals surface area contributed by atoms with Gasteiger partial charge in [0.05, 0.1) is 23.4 Å². The van der Waals surface area contributed by atoms with Crippen LogP contribution in [0.5, 0.6) is 5.75 Å².